The summed E-state index contributed by atoms with van der Waals surface area (Å²) in [6.07, 6.45) is 3.84. The van der Waals surface area contributed by atoms with Crippen LogP contribution in [0.15, 0.2) is 30.3 Å². The molecule has 1 rings (SSSR count). The van der Waals surface area contributed by atoms with Gasteiger partial charge in [-0.15, -0.1) is 11.6 Å². The summed E-state index contributed by atoms with van der Waals surface area (Å²) in [6.45, 7) is 0. The van der Waals surface area contributed by atoms with Gasteiger partial charge in [0.1, 0.15) is 0 Å². The summed E-state index contributed by atoms with van der Waals surface area (Å²) in [5.41, 5.74) is 4.56. The molecule has 0 aliphatic rings. The zero-order chi connectivity index (χ0) is 8.81. The van der Waals surface area contributed by atoms with Crippen molar-refractivity contribution in [3.8, 4) is 0 Å². The molecule has 3 heteroatoms. The number of hydrazine groups is 1. The van der Waals surface area contributed by atoms with Crippen molar-refractivity contribution in [1.29, 1.82) is 0 Å². The smallest absolute Gasteiger partial charge is 0.0491 e. The second-order valence-electron chi connectivity index (χ2n) is 2.33. The van der Waals surface area contributed by atoms with Gasteiger partial charge in [-0.25, -0.2) is 0 Å². The minimum absolute atomic E-state index is 0.528. The van der Waals surface area contributed by atoms with Crippen LogP contribution in [-0.2, 0) is 0 Å². The Labute approximate surface area is 77.0 Å². The summed E-state index contributed by atoms with van der Waals surface area (Å²) in [7, 11) is 0. The van der Waals surface area contributed by atoms with Crippen LogP contribution < -0.4 is 11.3 Å². The van der Waals surface area contributed by atoms with Crippen molar-refractivity contribution >= 4 is 23.4 Å². The van der Waals surface area contributed by atoms with Gasteiger partial charge in [-0.05, 0) is 17.7 Å². The van der Waals surface area contributed by atoms with Crippen LogP contribution in [0.4, 0.5) is 5.69 Å². The zero-order valence-electron chi connectivity index (χ0n) is 6.63. The van der Waals surface area contributed by atoms with Gasteiger partial charge in [-0.2, -0.15) is 0 Å². The van der Waals surface area contributed by atoms with Gasteiger partial charge >= 0.3 is 0 Å². The molecule has 0 fully saturated rings. The molecule has 0 spiro atoms. The first-order valence-electron chi connectivity index (χ1n) is 3.66. The van der Waals surface area contributed by atoms with Gasteiger partial charge in [-0.3, -0.25) is 5.84 Å². The molecule has 0 aliphatic carbocycles. The molecule has 0 aromatic heterocycles. The minimum atomic E-state index is 0.528. The van der Waals surface area contributed by atoms with Crippen molar-refractivity contribution < 1.29 is 0 Å². The Balaban J connectivity index is 2.79. The predicted octanol–water partition coefficient (Wildman–Crippen LogP) is 2.22. The van der Waals surface area contributed by atoms with Gasteiger partial charge in [0, 0.05) is 11.6 Å². The van der Waals surface area contributed by atoms with Crippen molar-refractivity contribution in [1.82, 2.24) is 0 Å². The predicted molar refractivity (Wildman–Crippen MR) is 54.0 cm³/mol. The highest BCUT2D eigenvalue weighted by atomic mass is 35.5. The van der Waals surface area contributed by atoms with Crippen molar-refractivity contribution in [2.24, 2.45) is 5.84 Å². The summed E-state index contributed by atoms with van der Waals surface area (Å²) < 4.78 is 0. The van der Waals surface area contributed by atoms with E-state index in [2.05, 4.69) is 5.43 Å². The molecule has 0 bridgehead atoms. The number of hydrogen-bond acceptors (Lipinski definition) is 2. The topological polar surface area (TPSA) is 38.0 Å². The molecule has 0 radical (unpaired) electrons. The van der Waals surface area contributed by atoms with Crippen LogP contribution in [0.1, 0.15) is 5.56 Å². The molecular weight excluding hydrogens is 172 g/mol. The summed E-state index contributed by atoms with van der Waals surface area (Å²) in [5, 5.41) is 0. The first-order valence-corrected chi connectivity index (χ1v) is 4.19. The molecule has 64 valence electrons. The van der Waals surface area contributed by atoms with Crippen LogP contribution in [0.25, 0.3) is 6.08 Å². The Morgan fingerprint density at radius 3 is 3.00 bits per heavy atom. The molecule has 12 heavy (non-hydrogen) atoms. The van der Waals surface area contributed by atoms with Crippen LogP contribution >= 0.6 is 11.6 Å². The van der Waals surface area contributed by atoms with E-state index in [1.54, 1.807) is 0 Å². The molecule has 0 unspecified atom stereocenters. The van der Waals surface area contributed by atoms with E-state index < -0.39 is 0 Å². The van der Waals surface area contributed by atoms with E-state index in [1.165, 1.54) is 0 Å². The van der Waals surface area contributed by atoms with Crippen molar-refractivity contribution in [2.45, 2.75) is 0 Å². The Morgan fingerprint density at radius 1 is 1.50 bits per heavy atom. The molecule has 0 saturated carbocycles. The van der Waals surface area contributed by atoms with E-state index in [9.17, 15) is 0 Å². The van der Waals surface area contributed by atoms with E-state index in [0.717, 1.165) is 11.3 Å². The highest BCUT2D eigenvalue weighted by molar-refractivity contribution is 6.19. The van der Waals surface area contributed by atoms with Gasteiger partial charge in [0.15, 0.2) is 0 Å². The molecule has 3 N–H and O–H groups in total. The third kappa shape index (κ3) is 2.57. The molecule has 0 saturated heterocycles. The first kappa shape index (κ1) is 9.10. The Hall–Kier alpha value is -0.990. The number of hydrogen-bond donors (Lipinski definition) is 2. The highest BCUT2D eigenvalue weighted by Gasteiger charge is 1.88. The normalized spacial score (nSPS) is 10.5. The van der Waals surface area contributed by atoms with Gasteiger partial charge < -0.3 is 5.43 Å². The van der Waals surface area contributed by atoms with Crippen LogP contribution in [-0.4, -0.2) is 5.88 Å². The number of rotatable bonds is 3. The monoisotopic (exact) mass is 182 g/mol. The fourth-order valence-electron chi connectivity index (χ4n) is 0.913. The number of alkyl halides is 1. The van der Waals surface area contributed by atoms with E-state index >= 15 is 0 Å². The van der Waals surface area contributed by atoms with E-state index in [0.29, 0.717) is 5.88 Å². The molecule has 1 aromatic rings. The standard InChI is InChI=1S/C9H11ClN2/c10-6-2-4-8-3-1-5-9(7-8)12-11/h1-5,7,12H,6,11H2. The number of nitrogens with two attached hydrogens (primary N) is 1. The maximum atomic E-state index is 5.50. The van der Waals surface area contributed by atoms with Crippen LogP contribution in [0.5, 0.6) is 0 Å². The van der Waals surface area contributed by atoms with E-state index in [-0.39, 0.29) is 0 Å². The highest BCUT2D eigenvalue weighted by Crippen LogP contribution is 2.10. The summed E-state index contributed by atoms with van der Waals surface area (Å²) >= 11 is 5.50. The van der Waals surface area contributed by atoms with Gasteiger partial charge in [0.05, 0.1) is 0 Å². The molecule has 0 amide bonds. The maximum absolute atomic E-state index is 5.50. The third-order valence-corrected chi connectivity index (χ3v) is 1.63. The molecule has 0 heterocycles. The summed E-state index contributed by atoms with van der Waals surface area (Å²) in [5.74, 6) is 5.78. The Kier molecular flexibility index (Phi) is 3.64. The van der Waals surface area contributed by atoms with Crippen molar-refractivity contribution in [2.75, 3.05) is 11.3 Å². The second-order valence-corrected chi connectivity index (χ2v) is 2.64. The fraction of sp³-hybridized carbons (Fsp3) is 0.111. The zero-order valence-corrected chi connectivity index (χ0v) is 7.38. The van der Waals surface area contributed by atoms with Crippen molar-refractivity contribution in [3.05, 3.63) is 35.9 Å². The Morgan fingerprint density at radius 2 is 2.33 bits per heavy atom. The average Bonchev–Trinajstić information content (AvgIpc) is 2.15. The lowest BCUT2D eigenvalue weighted by molar-refractivity contribution is 1.35. The fourth-order valence-corrected chi connectivity index (χ4v) is 1.00. The Bertz CT molecular complexity index is 271. The maximum Gasteiger partial charge on any atom is 0.0491 e. The molecule has 0 aliphatic heterocycles. The minimum Gasteiger partial charge on any atom is -0.324 e. The number of benzene rings is 1. The van der Waals surface area contributed by atoms with Crippen LogP contribution in [0.2, 0.25) is 0 Å². The number of allylic oxidation sites excluding steroid dienone is 1. The van der Waals surface area contributed by atoms with Crippen LogP contribution in [0, 0.1) is 0 Å². The lowest BCUT2D eigenvalue weighted by Gasteiger charge is -1.99. The molecule has 2 nitrogen and oxygen atoms in total. The number of halogens is 1. The molecule has 0 atom stereocenters. The van der Waals surface area contributed by atoms with Crippen LogP contribution in [0.3, 0.4) is 0 Å². The van der Waals surface area contributed by atoms with Crippen molar-refractivity contribution in [3.63, 3.8) is 0 Å². The van der Waals surface area contributed by atoms with Gasteiger partial charge in [0.25, 0.3) is 0 Å². The summed E-state index contributed by atoms with van der Waals surface area (Å²) in [4.78, 5) is 0. The lowest BCUT2D eigenvalue weighted by Crippen LogP contribution is -2.06. The molecule has 1 aromatic carbocycles. The van der Waals surface area contributed by atoms with Gasteiger partial charge in [0.2, 0.25) is 0 Å². The number of anilines is 1. The second kappa shape index (κ2) is 4.80. The SMILES string of the molecule is NNc1cccc(C=CCCl)c1. The van der Waals surface area contributed by atoms with Gasteiger partial charge in [-0.1, -0.05) is 24.3 Å². The quantitative estimate of drug-likeness (QED) is 0.428. The average molecular weight is 183 g/mol. The van der Waals surface area contributed by atoms with E-state index in [4.69, 9.17) is 17.4 Å². The lowest BCUT2D eigenvalue weighted by atomic mass is 10.2. The first-order chi connectivity index (χ1) is 5.86. The third-order valence-electron chi connectivity index (χ3n) is 1.45. The van der Waals surface area contributed by atoms with E-state index in [1.807, 2.05) is 36.4 Å². The largest absolute Gasteiger partial charge is 0.324 e. The number of nitrogens with one attached hydrogen (secondary N) is 1. The summed E-state index contributed by atoms with van der Waals surface area (Å²) in [6, 6.07) is 7.77. The number of nitrogen functional groups attached to an aromatic ring is 1. The molecular formula is C9H11ClN2.